The van der Waals surface area contributed by atoms with Crippen molar-refractivity contribution in [2.75, 3.05) is 7.05 Å². The lowest BCUT2D eigenvalue weighted by Gasteiger charge is -2.27. The number of nitrogens with zero attached hydrogens (tertiary/aromatic N) is 2. The highest BCUT2D eigenvalue weighted by Gasteiger charge is 2.24. The molecule has 0 spiro atoms. The molecule has 96 valence electrons. The number of carbonyl (C=O) groups is 1. The highest BCUT2D eigenvalue weighted by Crippen LogP contribution is 2.12. The van der Waals surface area contributed by atoms with Gasteiger partial charge in [0.15, 0.2) is 0 Å². The van der Waals surface area contributed by atoms with Crippen molar-refractivity contribution < 1.29 is 9.53 Å². The van der Waals surface area contributed by atoms with Gasteiger partial charge in [0.1, 0.15) is 11.6 Å². The Balaban J connectivity index is 2.51. The molecule has 0 saturated heterocycles. The van der Waals surface area contributed by atoms with E-state index in [0.717, 1.165) is 5.69 Å². The predicted molar refractivity (Wildman–Crippen MR) is 68.9 cm³/mol. The minimum absolute atomic E-state index is 0.199. The first-order valence-electron chi connectivity index (χ1n) is 5.60. The molecule has 1 heterocycles. The number of hydrogen-bond acceptors (Lipinski definition) is 5. The van der Waals surface area contributed by atoms with Crippen molar-refractivity contribution in [1.29, 1.82) is 0 Å². The zero-order valence-corrected chi connectivity index (χ0v) is 11.9. The Morgan fingerprint density at radius 1 is 1.59 bits per heavy atom. The second kappa shape index (κ2) is 5.60. The maximum atomic E-state index is 11.8. The largest absolute Gasteiger partial charge is 0.459 e. The van der Waals surface area contributed by atoms with E-state index >= 15 is 0 Å². The standard InChI is InChI=1S/C12H20N2O2S/c1-9(11(15)16-12(2,3)4)14(5)6-10-7-17-8-13-10/h7-9H,6H2,1-5H3. The topological polar surface area (TPSA) is 42.4 Å². The Morgan fingerprint density at radius 2 is 2.24 bits per heavy atom. The Kier molecular flexibility index (Phi) is 4.65. The van der Waals surface area contributed by atoms with Gasteiger partial charge in [0.05, 0.1) is 11.2 Å². The molecule has 1 unspecified atom stereocenters. The van der Waals surface area contributed by atoms with E-state index < -0.39 is 5.60 Å². The first kappa shape index (κ1) is 14.1. The molecule has 1 aromatic rings. The van der Waals surface area contributed by atoms with Crippen LogP contribution >= 0.6 is 11.3 Å². The fourth-order valence-corrected chi connectivity index (χ4v) is 1.82. The van der Waals surface area contributed by atoms with Gasteiger partial charge in [-0.1, -0.05) is 0 Å². The summed E-state index contributed by atoms with van der Waals surface area (Å²) >= 11 is 1.56. The summed E-state index contributed by atoms with van der Waals surface area (Å²) in [5.41, 5.74) is 2.33. The first-order chi connectivity index (χ1) is 7.79. The molecule has 0 amide bonds. The van der Waals surface area contributed by atoms with Crippen LogP contribution in [-0.2, 0) is 16.1 Å². The fraction of sp³-hybridized carbons (Fsp3) is 0.667. The number of ether oxygens (including phenoxy) is 1. The third-order valence-electron chi connectivity index (χ3n) is 2.30. The molecule has 0 bridgehead atoms. The maximum absolute atomic E-state index is 11.8. The molecule has 4 nitrogen and oxygen atoms in total. The SMILES string of the molecule is CC(C(=O)OC(C)(C)C)N(C)Cc1cscn1. The number of carbonyl (C=O) groups excluding carboxylic acids is 1. The average Bonchev–Trinajstić information content (AvgIpc) is 2.66. The van der Waals surface area contributed by atoms with Crippen LogP contribution in [0.2, 0.25) is 0 Å². The van der Waals surface area contributed by atoms with Crippen molar-refractivity contribution in [2.45, 2.75) is 45.9 Å². The van der Waals surface area contributed by atoms with Crippen LogP contribution in [0.4, 0.5) is 0 Å². The van der Waals surface area contributed by atoms with E-state index in [9.17, 15) is 4.79 Å². The van der Waals surface area contributed by atoms with Crippen LogP contribution < -0.4 is 0 Å². The van der Waals surface area contributed by atoms with Gasteiger partial charge in [-0.2, -0.15) is 0 Å². The minimum Gasteiger partial charge on any atom is -0.459 e. The number of aromatic nitrogens is 1. The van der Waals surface area contributed by atoms with E-state index in [1.54, 1.807) is 16.8 Å². The van der Waals surface area contributed by atoms with E-state index in [1.165, 1.54) is 0 Å². The normalized spacial score (nSPS) is 13.8. The Morgan fingerprint density at radius 3 is 2.71 bits per heavy atom. The van der Waals surface area contributed by atoms with Gasteiger partial charge in [0, 0.05) is 11.9 Å². The molecule has 5 heteroatoms. The van der Waals surface area contributed by atoms with Crippen molar-refractivity contribution in [3.8, 4) is 0 Å². The van der Waals surface area contributed by atoms with Crippen LogP contribution in [0.5, 0.6) is 0 Å². The third-order valence-corrected chi connectivity index (χ3v) is 2.94. The first-order valence-corrected chi connectivity index (χ1v) is 6.54. The van der Waals surface area contributed by atoms with Gasteiger partial charge in [-0.05, 0) is 34.7 Å². The zero-order chi connectivity index (χ0) is 13.1. The van der Waals surface area contributed by atoms with Crippen LogP contribution in [0.3, 0.4) is 0 Å². The molecule has 0 N–H and O–H groups in total. The van der Waals surface area contributed by atoms with E-state index in [0.29, 0.717) is 6.54 Å². The zero-order valence-electron chi connectivity index (χ0n) is 11.1. The molecular formula is C12H20N2O2S. The summed E-state index contributed by atoms with van der Waals surface area (Å²) in [6, 6.07) is -0.268. The quantitative estimate of drug-likeness (QED) is 0.775. The van der Waals surface area contributed by atoms with Gasteiger partial charge >= 0.3 is 5.97 Å². The second-order valence-electron chi connectivity index (χ2n) is 5.10. The van der Waals surface area contributed by atoms with Crippen molar-refractivity contribution in [1.82, 2.24) is 9.88 Å². The lowest BCUT2D eigenvalue weighted by Crippen LogP contribution is -2.40. The van der Waals surface area contributed by atoms with E-state index in [4.69, 9.17) is 4.74 Å². The summed E-state index contributed by atoms with van der Waals surface area (Å²) < 4.78 is 5.34. The van der Waals surface area contributed by atoms with Crippen molar-refractivity contribution >= 4 is 17.3 Å². The molecule has 0 saturated carbocycles. The molecule has 0 aromatic carbocycles. The van der Waals surface area contributed by atoms with Crippen molar-refractivity contribution in [2.24, 2.45) is 0 Å². The molecular weight excluding hydrogens is 236 g/mol. The van der Waals surface area contributed by atoms with E-state index in [1.807, 2.05) is 45.0 Å². The van der Waals surface area contributed by atoms with Crippen LogP contribution in [0.15, 0.2) is 10.9 Å². The van der Waals surface area contributed by atoms with E-state index in [2.05, 4.69) is 4.98 Å². The summed E-state index contributed by atoms with van der Waals surface area (Å²) in [6.07, 6.45) is 0. The number of thiazole rings is 1. The van der Waals surface area contributed by atoms with Gasteiger partial charge < -0.3 is 4.74 Å². The summed E-state index contributed by atoms with van der Waals surface area (Å²) in [5.74, 6) is -0.199. The molecule has 0 radical (unpaired) electrons. The molecule has 0 aliphatic carbocycles. The molecule has 0 fully saturated rings. The second-order valence-corrected chi connectivity index (χ2v) is 5.82. The Bertz CT molecular complexity index is 357. The summed E-state index contributed by atoms with van der Waals surface area (Å²) in [5, 5.41) is 1.98. The molecule has 1 aromatic heterocycles. The summed E-state index contributed by atoms with van der Waals surface area (Å²) in [7, 11) is 1.90. The smallest absolute Gasteiger partial charge is 0.323 e. The lowest BCUT2D eigenvalue weighted by atomic mass is 10.2. The molecule has 0 aliphatic rings. The molecule has 1 atom stereocenters. The number of rotatable bonds is 4. The van der Waals surface area contributed by atoms with Gasteiger partial charge in [-0.3, -0.25) is 9.69 Å². The van der Waals surface area contributed by atoms with Crippen LogP contribution in [-0.4, -0.2) is 34.5 Å². The highest BCUT2D eigenvalue weighted by atomic mass is 32.1. The summed E-state index contributed by atoms with van der Waals surface area (Å²) in [6.45, 7) is 8.12. The van der Waals surface area contributed by atoms with Crippen LogP contribution in [0.1, 0.15) is 33.4 Å². The Hall–Kier alpha value is -0.940. The van der Waals surface area contributed by atoms with Crippen molar-refractivity contribution in [3.63, 3.8) is 0 Å². The molecule has 0 aliphatic heterocycles. The lowest BCUT2D eigenvalue weighted by molar-refractivity contribution is -0.160. The average molecular weight is 256 g/mol. The fourth-order valence-electron chi connectivity index (χ4n) is 1.28. The third kappa shape index (κ3) is 4.83. The van der Waals surface area contributed by atoms with Gasteiger partial charge in [-0.25, -0.2) is 4.98 Å². The van der Waals surface area contributed by atoms with Crippen molar-refractivity contribution in [3.05, 3.63) is 16.6 Å². The summed E-state index contributed by atoms with van der Waals surface area (Å²) in [4.78, 5) is 18.0. The van der Waals surface area contributed by atoms with Crippen LogP contribution in [0, 0.1) is 0 Å². The number of esters is 1. The number of likely N-dealkylation sites (N-methyl/N-ethyl adjacent to an activating group) is 1. The molecule has 1 rings (SSSR count). The predicted octanol–water partition coefficient (Wildman–Crippen LogP) is 2.31. The van der Waals surface area contributed by atoms with Gasteiger partial charge in [0.2, 0.25) is 0 Å². The highest BCUT2D eigenvalue weighted by molar-refractivity contribution is 7.07. The monoisotopic (exact) mass is 256 g/mol. The maximum Gasteiger partial charge on any atom is 0.323 e. The van der Waals surface area contributed by atoms with Gasteiger partial charge in [0.25, 0.3) is 0 Å². The minimum atomic E-state index is -0.438. The molecule has 17 heavy (non-hydrogen) atoms. The number of hydrogen-bond donors (Lipinski definition) is 0. The van der Waals surface area contributed by atoms with Crippen LogP contribution in [0.25, 0.3) is 0 Å². The van der Waals surface area contributed by atoms with Gasteiger partial charge in [-0.15, -0.1) is 11.3 Å². The van der Waals surface area contributed by atoms with E-state index in [-0.39, 0.29) is 12.0 Å². The Labute approximate surface area is 107 Å².